The molecule has 1 aliphatic rings. The van der Waals surface area contributed by atoms with Crippen LogP contribution in [0.5, 0.6) is 34.5 Å². The molecule has 0 N–H and O–H groups in total. The van der Waals surface area contributed by atoms with Crippen LogP contribution in [0.4, 0.5) is 0 Å². The van der Waals surface area contributed by atoms with E-state index >= 15 is 0 Å². The fourth-order valence-electron chi connectivity index (χ4n) is 4.21. The van der Waals surface area contributed by atoms with Crippen LogP contribution in [-0.4, -0.2) is 61.2 Å². The Labute approximate surface area is 178 Å². The first-order valence-corrected chi connectivity index (χ1v) is 9.83. The first-order valence-electron chi connectivity index (χ1n) is 9.83. The monoisotopic (exact) mass is 417 g/mol. The second-order valence-corrected chi connectivity index (χ2v) is 7.20. The molecule has 1 unspecified atom stereocenters. The van der Waals surface area contributed by atoms with E-state index in [0.29, 0.717) is 28.7 Å². The normalized spacial score (nSPS) is 15.9. The van der Waals surface area contributed by atoms with Gasteiger partial charge in [0, 0.05) is 18.2 Å². The topological polar surface area (TPSA) is 58.6 Å². The minimum atomic E-state index is 0.0892. The molecule has 0 spiro atoms. The Bertz CT molecular complexity index is 873. The second kappa shape index (κ2) is 9.34. The number of likely N-dealkylation sites (N-methyl/N-ethyl adjacent to an activating group) is 1. The zero-order chi connectivity index (χ0) is 21.8. The molecule has 3 rings (SSSR count). The maximum atomic E-state index is 5.82. The van der Waals surface area contributed by atoms with Crippen LogP contribution in [0.2, 0.25) is 0 Å². The lowest BCUT2D eigenvalue weighted by Crippen LogP contribution is -2.34. The molecule has 0 fully saturated rings. The Morgan fingerprint density at radius 1 is 0.733 bits per heavy atom. The van der Waals surface area contributed by atoms with Crippen molar-refractivity contribution in [1.29, 1.82) is 0 Å². The fraction of sp³-hybridized carbons (Fsp3) is 0.478. The molecule has 0 saturated carbocycles. The Hall–Kier alpha value is -2.80. The molecule has 7 nitrogen and oxygen atoms in total. The molecule has 1 atom stereocenters. The number of hydrogen-bond acceptors (Lipinski definition) is 7. The quantitative estimate of drug-likeness (QED) is 0.651. The Morgan fingerprint density at radius 2 is 1.27 bits per heavy atom. The molecular formula is C23H31NO6. The second-order valence-electron chi connectivity index (χ2n) is 7.20. The van der Waals surface area contributed by atoms with Crippen LogP contribution in [0.1, 0.15) is 22.7 Å². The zero-order valence-electron chi connectivity index (χ0n) is 18.8. The lowest BCUT2D eigenvalue weighted by atomic mass is 9.87. The van der Waals surface area contributed by atoms with Gasteiger partial charge in [-0.1, -0.05) is 0 Å². The molecule has 0 saturated heterocycles. The summed E-state index contributed by atoms with van der Waals surface area (Å²) in [6.07, 6.45) is 1.65. The van der Waals surface area contributed by atoms with Crippen molar-refractivity contribution in [3.05, 3.63) is 34.9 Å². The van der Waals surface area contributed by atoms with Gasteiger partial charge in [-0.15, -0.1) is 0 Å². The van der Waals surface area contributed by atoms with Crippen molar-refractivity contribution in [2.75, 3.05) is 56.3 Å². The number of hydrogen-bond donors (Lipinski definition) is 0. The van der Waals surface area contributed by atoms with Crippen LogP contribution < -0.4 is 28.4 Å². The minimum Gasteiger partial charge on any atom is -0.493 e. The summed E-state index contributed by atoms with van der Waals surface area (Å²) in [5.74, 6) is 3.89. The summed E-state index contributed by atoms with van der Waals surface area (Å²) in [5.41, 5.74) is 3.41. The van der Waals surface area contributed by atoms with Crippen molar-refractivity contribution in [3.63, 3.8) is 0 Å². The van der Waals surface area contributed by atoms with Crippen molar-refractivity contribution in [2.24, 2.45) is 0 Å². The van der Waals surface area contributed by atoms with E-state index in [9.17, 15) is 0 Å². The largest absolute Gasteiger partial charge is 0.493 e. The van der Waals surface area contributed by atoms with Gasteiger partial charge in [0.25, 0.3) is 0 Å². The summed E-state index contributed by atoms with van der Waals surface area (Å²) in [4.78, 5) is 2.33. The number of benzene rings is 2. The van der Waals surface area contributed by atoms with Gasteiger partial charge in [0.05, 0.1) is 42.7 Å². The van der Waals surface area contributed by atoms with Crippen molar-refractivity contribution >= 4 is 0 Å². The fourth-order valence-corrected chi connectivity index (χ4v) is 4.21. The van der Waals surface area contributed by atoms with Gasteiger partial charge in [-0.05, 0) is 49.2 Å². The highest BCUT2D eigenvalue weighted by molar-refractivity contribution is 5.61. The van der Waals surface area contributed by atoms with E-state index in [-0.39, 0.29) is 6.04 Å². The molecule has 2 aromatic carbocycles. The molecule has 0 aliphatic carbocycles. The molecule has 2 aromatic rings. The lowest BCUT2D eigenvalue weighted by Gasteiger charge is -2.36. The molecule has 0 amide bonds. The maximum Gasteiger partial charge on any atom is 0.203 e. The lowest BCUT2D eigenvalue weighted by molar-refractivity contribution is 0.219. The third kappa shape index (κ3) is 3.81. The number of nitrogens with zero attached hydrogens (tertiary/aromatic N) is 1. The van der Waals surface area contributed by atoms with Gasteiger partial charge >= 0.3 is 0 Å². The third-order valence-electron chi connectivity index (χ3n) is 5.71. The number of ether oxygens (including phenoxy) is 6. The Kier molecular flexibility index (Phi) is 6.82. The van der Waals surface area contributed by atoms with E-state index in [0.717, 1.165) is 36.3 Å². The summed E-state index contributed by atoms with van der Waals surface area (Å²) in [6, 6.07) is 6.14. The molecule has 0 aromatic heterocycles. The summed E-state index contributed by atoms with van der Waals surface area (Å²) in [6.45, 7) is 0.931. The first kappa shape index (κ1) is 21.9. The van der Waals surface area contributed by atoms with Gasteiger partial charge in [-0.2, -0.15) is 0 Å². The minimum absolute atomic E-state index is 0.0892. The van der Waals surface area contributed by atoms with E-state index < -0.39 is 0 Å². The predicted octanol–water partition coefficient (Wildman–Crippen LogP) is 3.51. The average Bonchev–Trinajstić information content (AvgIpc) is 2.78. The predicted molar refractivity (Wildman–Crippen MR) is 115 cm³/mol. The van der Waals surface area contributed by atoms with E-state index in [4.69, 9.17) is 28.4 Å². The summed E-state index contributed by atoms with van der Waals surface area (Å²) in [5, 5.41) is 0. The Morgan fingerprint density at radius 3 is 1.77 bits per heavy atom. The van der Waals surface area contributed by atoms with Gasteiger partial charge in [0.15, 0.2) is 23.0 Å². The van der Waals surface area contributed by atoms with Crippen molar-refractivity contribution < 1.29 is 28.4 Å². The molecule has 1 heterocycles. The molecule has 164 valence electrons. The van der Waals surface area contributed by atoms with Crippen molar-refractivity contribution in [1.82, 2.24) is 4.90 Å². The molecule has 1 aliphatic heterocycles. The van der Waals surface area contributed by atoms with E-state index in [1.54, 1.807) is 42.7 Å². The van der Waals surface area contributed by atoms with Gasteiger partial charge in [-0.25, -0.2) is 0 Å². The standard InChI is InChI=1S/C23H31NO6/c1-24-9-8-15-13-19(27-4)22(29-6)23(30-7)20(15)16(24)10-14-11-17(25-2)21(28-5)18(12-14)26-3/h11-13,16H,8-10H2,1-7H3. The van der Waals surface area contributed by atoms with Crippen LogP contribution in [0.3, 0.4) is 0 Å². The van der Waals surface area contributed by atoms with Gasteiger partial charge < -0.3 is 28.4 Å². The molecular weight excluding hydrogens is 386 g/mol. The van der Waals surface area contributed by atoms with Gasteiger partial charge in [0.1, 0.15) is 0 Å². The highest BCUT2D eigenvalue weighted by atomic mass is 16.5. The summed E-state index contributed by atoms with van der Waals surface area (Å²) >= 11 is 0. The molecule has 0 bridgehead atoms. The highest BCUT2D eigenvalue weighted by Crippen LogP contribution is 2.48. The van der Waals surface area contributed by atoms with Crippen molar-refractivity contribution in [3.8, 4) is 34.5 Å². The van der Waals surface area contributed by atoms with Gasteiger partial charge in [0.2, 0.25) is 11.5 Å². The van der Waals surface area contributed by atoms with Crippen LogP contribution >= 0.6 is 0 Å². The van der Waals surface area contributed by atoms with Crippen LogP contribution in [0, 0.1) is 0 Å². The maximum absolute atomic E-state index is 5.82. The number of rotatable bonds is 8. The van der Waals surface area contributed by atoms with E-state index in [1.807, 2.05) is 12.1 Å². The number of fused-ring (bicyclic) bond motifs is 1. The Balaban J connectivity index is 2.11. The molecule has 30 heavy (non-hydrogen) atoms. The SMILES string of the molecule is COc1cc(CC2c3c(cc(OC)c(OC)c3OC)CCN2C)cc(OC)c1OC. The van der Waals surface area contributed by atoms with E-state index in [1.165, 1.54) is 5.56 Å². The van der Waals surface area contributed by atoms with E-state index in [2.05, 4.69) is 18.0 Å². The van der Waals surface area contributed by atoms with Crippen LogP contribution in [0.15, 0.2) is 18.2 Å². The zero-order valence-corrected chi connectivity index (χ0v) is 18.8. The molecule has 7 heteroatoms. The first-order chi connectivity index (χ1) is 14.5. The average molecular weight is 418 g/mol. The van der Waals surface area contributed by atoms with Crippen LogP contribution in [0.25, 0.3) is 0 Å². The van der Waals surface area contributed by atoms with Crippen LogP contribution in [-0.2, 0) is 12.8 Å². The van der Waals surface area contributed by atoms with Crippen molar-refractivity contribution in [2.45, 2.75) is 18.9 Å². The summed E-state index contributed by atoms with van der Waals surface area (Å²) in [7, 11) is 11.9. The smallest absolute Gasteiger partial charge is 0.203 e. The highest BCUT2D eigenvalue weighted by Gasteiger charge is 2.32. The third-order valence-corrected chi connectivity index (χ3v) is 5.71. The number of methoxy groups -OCH3 is 6. The summed E-state index contributed by atoms with van der Waals surface area (Å²) < 4.78 is 33.5. The van der Waals surface area contributed by atoms with Gasteiger partial charge in [-0.3, -0.25) is 4.90 Å². The molecule has 0 radical (unpaired) electrons.